The SMILES string of the molecule is C[C@@H](NC(=O)c1c[nH]c2ncc(C3CC3)nc12)C(=O)N1CCC(C#N)C1. The van der Waals surface area contributed by atoms with Gasteiger partial charge >= 0.3 is 0 Å². The highest BCUT2D eigenvalue weighted by Gasteiger charge is 2.30. The molecule has 134 valence electrons. The summed E-state index contributed by atoms with van der Waals surface area (Å²) < 4.78 is 0. The molecule has 2 aromatic heterocycles. The molecule has 1 aliphatic carbocycles. The van der Waals surface area contributed by atoms with Crippen molar-refractivity contribution in [1.82, 2.24) is 25.2 Å². The van der Waals surface area contributed by atoms with Crippen molar-refractivity contribution in [3.63, 3.8) is 0 Å². The molecule has 2 fully saturated rings. The Kier molecular flexibility index (Phi) is 4.07. The fourth-order valence-electron chi connectivity index (χ4n) is 3.33. The molecule has 3 heterocycles. The number of likely N-dealkylation sites (tertiary alicyclic amines) is 1. The van der Waals surface area contributed by atoms with E-state index in [9.17, 15) is 9.59 Å². The molecule has 0 spiro atoms. The number of hydrogen-bond donors (Lipinski definition) is 2. The normalized spacial score (nSPS) is 20.8. The van der Waals surface area contributed by atoms with E-state index in [0.717, 1.165) is 18.5 Å². The first-order valence-corrected chi connectivity index (χ1v) is 8.90. The third kappa shape index (κ3) is 3.01. The van der Waals surface area contributed by atoms with Gasteiger partial charge in [-0.15, -0.1) is 0 Å². The van der Waals surface area contributed by atoms with Crippen molar-refractivity contribution < 1.29 is 9.59 Å². The van der Waals surface area contributed by atoms with Crippen LogP contribution in [-0.4, -0.2) is 50.8 Å². The average Bonchev–Trinajstić information content (AvgIpc) is 3.23. The van der Waals surface area contributed by atoms with Gasteiger partial charge in [0.15, 0.2) is 5.65 Å². The fraction of sp³-hybridized carbons (Fsp3) is 0.500. The second-order valence-corrected chi connectivity index (χ2v) is 7.06. The van der Waals surface area contributed by atoms with E-state index < -0.39 is 6.04 Å². The zero-order valence-electron chi connectivity index (χ0n) is 14.5. The van der Waals surface area contributed by atoms with E-state index in [1.807, 2.05) is 0 Å². The Morgan fingerprint density at radius 1 is 1.42 bits per heavy atom. The predicted octanol–water partition coefficient (Wildman–Crippen LogP) is 1.33. The van der Waals surface area contributed by atoms with Crippen molar-refractivity contribution in [2.45, 2.75) is 38.1 Å². The minimum atomic E-state index is -0.663. The van der Waals surface area contributed by atoms with Crippen molar-refractivity contribution in [1.29, 1.82) is 5.26 Å². The number of fused-ring (bicyclic) bond motifs is 1. The van der Waals surface area contributed by atoms with Gasteiger partial charge in [0.2, 0.25) is 5.91 Å². The Morgan fingerprint density at radius 3 is 2.92 bits per heavy atom. The second kappa shape index (κ2) is 6.41. The van der Waals surface area contributed by atoms with Crippen LogP contribution in [0.1, 0.15) is 48.2 Å². The number of H-pyrrole nitrogens is 1. The molecular formula is C18H20N6O2. The van der Waals surface area contributed by atoms with E-state index >= 15 is 0 Å². The molecule has 0 bridgehead atoms. The topological polar surface area (TPSA) is 115 Å². The minimum Gasteiger partial charge on any atom is -0.344 e. The highest BCUT2D eigenvalue weighted by molar-refractivity contribution is 6.05. The zero-order chi connectivity index (χ0) is 18.3. The van der Waals surface area contributed by atoms with E-state index in [-0.39, 0.29) is 17.7 Å². The molecule has 26 heavy (non-hydrogen) atoms. The summed E-state index contributed by atoms with van der Waals surface area (Å²) in [6.07, 6.45) is 6.23. The first kappa shape index (κ1) is 16.5. The molecule has 2 aromatic rings. The van der Waals surface area contributed by atoms with Crippen LogP contribution in [0.15, 0.2) is 12.4 Å². The van der Waals surface area contributed by atoms with Crippen molar-refractivity contribution in [3.05, 3.63) is 23.7 Å². The van der Waals surface area contributed by atoms with Crippen LogP contribution in [0.3, 0.4) is 0 Å². The highest BCUT2D eigenvalue weighted by Crippen LogP contribution is 2.39. The number of hydrogen-bond acceptors (Lipinski definition) is 5. The molecular weight excluding hydrogens is 332 g/mol. The number of amides is 2. The van der Waals surface area contributed by atoms with Crippen LogP contribution in [0.5, 0.6) is 0 Å². The van der Waals surface area contributed by atoms with Gasteiger partial charge < -0.3 is 15.2 Å². The molecule has 2 N–H and O–H groups in total. The molecule has 1 saturated heterocycles. The third-order valence-electron chi connectivity index (χ3n) is 5.04. The molecule has 2 aliphatic rings. The summed E-state index contributed by atoms with van der Waals surface area (Å²) in [6, 6.07) is 1.53. The third-order valence-corrected chi connectivity index (χ3v) is 5.04. The van der Waals surface area contributed by atoms with Crippen LogP contribution in [0.2, 0.25) is 0 Å². The standard InChI is InChI=1S/C18H20N6O2/c1-10(18(26)24-5-4-11(6-19)9-24)22-17(25)13-7-20-16-15(13)23-14(8-21-16)12-2-3-12/h7-8,10-12H,2-5,9H2,1H3,(H,20,21)(H,22,25)/t10-,11?/m1/s1. The molecule has 8 heteroatoms. The monoisotopic (exact) mass is 352 g/mol. The summed E-state index contributed by atoms with van der Waals surface area (Å²) in [4.78, 5) is 38.7. The summed E-state index contributed by atoms with van der Waals surface area (Å²) in [5.41, 5.74) is 2.41. The fourth-order valence-corrected chi connectivity index (χ4v) is 3.33. The Morgan fingerprint density at radius 2 is 2.23 bits per heavy atom. The summed E-state index contributed by atoms with van der Waals surface area (Å²) in [6.45, 7) is 2.65. The van der Waals surface area contributed by atoms with Crippen LogP contribution in [0, 0.1) is 17.2 Å². The Bertz CT molecular complexity index is 910. The van der Waals surface area contributed by atoms with Crippen molar-refractivity contribution in [2.24, 2.45) is 5.92 Å². The van der Waals surface area contributed by atoms with Gasteiger partial charge in [0, 0.05) is 25.2 Å². The van der Waals surface area contributed by atoms with Crippen molar-refractivity contribution in [3.8, 4) is 6.07 Å². The van der Waals surface area contributed by atoms with Crippen LogP contribution < -0.4 is 5.32 Å². The number of carbonyl (C=O) groups excluding carboxylic acids is 2. The van der Waals surface area contributed by atoms with Crippen LogP contribution in [0.4, 0.5) is 0 Å². The number of rotatable bonds is 4. The quantitative estimate of drug-likeness (QED) is 0.861. The largest absolute Gasteiger partial charge is 0.344 e. The molecule has 8 nitrogen and oxygen atoms in total. The van der Waals surface area contributed by atoms with E-state index in [1.165, 1.54) is 0 Å². The molecule has 1 saturated carbocycles. The van der Waals surface area contributed by atoms with Crippen LogP contribution in [0.25, 0.3) is 11.2 Å². The molecule has 4 rings (SSSR count). The molecule has 1 aliphatic heterocycles. The number of nitrogens with zero attached hydrogens (tertiary/aromatic N) is 4. The van der Waals surface area contributed by atoms with Gasteiger partial charge in [0.25, 0.3) is 5.91 Å². The Balaban J connectivity index is 1.47. The van der Waals surface area contributed by atoms with E-state index in [0.29, 0.717) is 42.2 Å². The van der Waals surface area contributed by atoms with Gasteiger partial charge in [-0.25, -0.2) is 9.97 Å². The second-order valence-electron chi connectivity index (χ2n) is 7.06. The maximum atomic E-state index is 12.6. The molecule has 0 radical (unpaired) electrons. The minimum absolute atomic E-state index is 0.119. The Hall–Kier alpha value is -2.95. The van der Waals surface area contributed by atoms with Crippen LogP contribution in [-0.2, 0) is 4.79 Å². The number of aromatic amines is 1. The molecule has 2 atom stereocenters. The summed E-state index contributed by atoms with van der Waals surface area (Å²) >= 11 is 0. The van der Waals surface area contributed by atoms with Gasteiger partial charge in [-0.3, -0.25) is 9.59 Å². The number of nitrogens with one attached hydrogen (secondary N) is 2. The lowest BCUT2D eigenvalue weighted by molar-refractivity contribution is -0.131. The summed E-state index contributed by atoms with van der Waals surface area (Å²) in [5.74, 6) is -0.191. The number of carbonyl (C=O) groups is 2. The lowest BCUT2D eigenvalue weighted by atomic mass is 10.1. The smallest absolute Gasteiger partial charge is 0.255 e. The zero-order valence-corrected chi connectivity index (χ0v) is 14.5. The first-order chi connectivity index (χ1) is 12.6. The van der Waals surface area contributed by atoms with E-state index in [2.05, 4.69) is 26.3 Å². The van der Waals surface area contributed by atoms with Gasteiger partial charge in [-0.2, -0.15) is 5.26 Å². The van der Waals surface area contributed by atoms with Gasteiger partial charge in [-0.05, 0) is 26.2 Å². The average molecular weight is 352 g/mol. The van der Waals surface area contributed by atoms with E-state index in [4.69, 9.17) is 5.26 Å². The maximum absolute atomic E-state index is 12.6. The molecule has 2 amide bonds. The van der Waals surface area contributed by atoms with Gasteiger partial charge in [-0.1, -0.05) is 0 Å². The molecule has 1 unspecified atom stereocenters. The van der Waals surface area contributed by atoms with Crippen molar-refractivity contribution >= 4 is 23.0 Å². The maximum Gasteiger partial charge on any atom is 0.255 e. The summed E-state index contributed by atoms with van der Waals surface area (Å²) in [5, 5.41) is 11.7. The lowest BCUT2D eigenvalue weighted by Gasteiger charge is -2.21. The summed E-state index contributed by atoms with van der Waals surface area (Å²) in [7, 11) is 0. The highest BCUT2D eigenvalue weighted by atomic mass is 16.2. The van der Waals surface area contributed by atoms with Gasteiger partial charge in [0.05, 0.1) is 29.4 Å². The van der Waals surface area contributed by atoms with Crippen molar-refractivity contribution in [2.75, 3.05) is 13.1 Å². The lowest BCUT2D eigenvalue weighted by Crippen LogP contribution is -2.46. The Labute approximate surface area is 150 Å². The first-order valence-electron chi connectivity index (χ1n) is 8.90. The number of aromatic nitrogens is 3. The van der Waals surface area contributed by atoms with E-state index in [1.54, 1.807) is 24.2 Å². The predicted molar refractivity (Wildman–Crippen MR) is 93.1 cm³/mol. The van der Waals surface area contributed by atoms with Gasteiger partial charge in [0.1, 0.15) is 11.6 Å². The number of nitriles is 1. The van der Waals surface area contributed by atoms with Crippen LogP contribution >= 0.6 is 0 Å². The molecule has 0 aromatic carbocycles.